The number of rotatable bonds is 11. The maximum Gasteiger partial charge on any atom is 0.308 e. The smallest absolute Gasteiger partial charge is 0.308 e. The van der Waals surface area contributed by atoms with Crippen LogP contribution in [0.15, 0.2) is 11.6 Å². The first-order valence-corrected chi connectivity index (χ1v) is 12.6. The number of aliphatic hydroxyl groups is 3. The van der Waals surface area contributed by atoms with E-state index < -0.39 is 24.3 Å². The first-order valence-electron chi connectivity index (χ1n) is 12.6. The molecule has 1 fully saturated rings. The normalized spacial score (nSPS) is 33.8. The van der Waals surface area contributed by atoms with Crippen LogP contribution >= 0.6 is 0 Å². The molecule has 0 aliphatic heterocycles. The minimum atomic E-state index is -0.977. The predicted molar refractivity (Wildman–Crippen MR) is 127 cm³/mol. The molecule has 0 spiro atoms. The lowest BCUT2D eigenvalue weighted by molar-refractivity contribution is -0.162. The van der Waals surface area contributed by atoms with Gasteiger partial charge in [0, 0.05) is 13.0 Å². The molecule has 2 aliphatic rings. The molecule has 0 aromatic rings. The summed E-state index contributed by atoms with van der Waals surface area (Å²) in [6, 6.07) is 0. The van der Waals surface area contributed by atoms with Gasteiger partial charge in [-0.1, -0.05) is 33.8 Å². The summed E-state index contributed by atoms with van der Waals surface area (Å²) in [6.07, 6.45) is 1.24. The average molecular weight is 485 g/mol. The first kappa shape index (κ1) is 28.8. The third kappa shape index (κ3) is 7.03. The lowest BCUT2D eigenvalue weighted by Gasteiger charge is -2.49. The van der Waals surface area contributed by atoms with Crippen LogP contribution in [0.2, 0.25) is 0 Å². The SMILES string of the molecule is CCC(C)C(=O)O[C@H]1C[C@@H](C)[C@@H](O)C2=C[C@@H](OC)[C@H](C)[C@H](CCC(O)CC(O)CC(=O)OC)[C@H]21. The lowest BCUT2D eigenvalue weighted by Crippen LogP contribution is -2.51. The molecule has 0 heterocycles. The van der Waals surface area contributed by atoms with Gasteiger partial charge in [-0.2, -0.15) is 0 Å². The summed E-state index contributed by atoms with van der Waals surface area (Å²) in [4.78, 5) is 24.1. The quantitative estimate of drug-likeness (QED) is 0.302. The van der Waals surface area contributed by atoms with Gasteiger partial charge in [0.1, 0.15) is 6.10 Å². The Bertz CT molecular complexity index is 707. The molecule has 8 nitrogen and oxygen atoms in total. The van der Waals surface area contributed by atoms with E-state index in [9.17, 15) is 24.9 Å². The summed E-state index contributed by atoms with van der Waals surface area (Å²) in [5.41, 5.74) is 0.857. The van der Waals surface area contributed by atoms with Gasteiger partial charge in [0.2, 0.25) is 0 Å². The van der Waals surface area contributed by atoms with E-state index in [0.717, 1.165) is 5.57 Å². The van der Waals surface area contributed by atoms with E-state index in [1.807, 2.05) is 26.8 Å². The van der Waals surface area contributed by atoms with Crippen LogP contribution in [-0.4, -0.2) is 72.0 Å². The second-order valence-electron chi connectivity index (χ2n) is 10.3. The van der Waals surface area contributed by atoms with E-state index in [2.05, 4.69) is 11.7 Å². The van der Waals surface area contributed by atoms with Crippen molar-refractivity contribution in [1.29, 1.82) is 0 Å². The molecule has 0 bridgehead atoms. The molecule has 10 atom stereocenters. The number of ether oxygens (including phenoxy) is 3. The van der Waals surface area contributed by atoms with Crippen LogP contribution < -0.4 is 0 Å². The zero-order valence-corrected chi connectivity index (χ0v) is 21.5. The van der Waals surface area contributed by atoms with E-state index in [4.69, 9.17) is 9.47 Å². The fraction of sp³-hybridized carbons (Fsp3) is 0.846. The van der Waals surface area contributed by atoms with Crippen molar-refractivity contribution in [3.63, 3.8) is 0 Å². The zero-order chi connectivity index (χ0) is 25.6. The highest BCUT2D eigenvalue weighted by atomic mass is 16.5. The van der Waals surface area contributed by atoms with Gasteiger partial charge in [-0.25, -0.2) is 0 Å². The molecule has 3 N–H and O–H groups in total. The highest BCUT2D eigenvalue weighted by Gasteiger charge is 2.49. The number of aliphatic hydroxyl groups excluding tert-OH is 3. The second-order valence-corrected chi connectivity index (χ2v) is 10.3. The molecule has 196 valence electrons. The Morgan fingerprint density at radius 2 is 1.85 bits per heavy atom. The molecule has 0 aromatic heterocycles. The summed E-state index contributed by atoms with van der Waals surface area (Å²) in [5.74, 6) is -1.06. The molecule has 0 radical (unpaired) electrons. The van der Waals surface area contributed by atoms with Crippen molar-refractivity contribution < 1.29 is 39.1 Å². The summed E-state index contributed by atoms with van der Waals surface area (Å²) < 4.78 is 16.3. The Morgan fingerprint density at radius 1 is 1.18 bits per heavy atom. The van der Waals surface area contributed by atoms with E-state index in [1.54, 1.807) is 7.11 Å². The van der Waals surface area contributed by atoms with Gasteiger partial charge >= 0.3 is 11.9 Å². The molecule has 1 saturated carbocycles. The number of fused-ring (bicyclic) bond motifs is 1. The fourth-order valence-corrected chi connectivity index (χ4v) is 5.48. The zero-order valence-electron chi connectivity index (χ0n) is 21.5. The number of hydrogen-bond acceptors (Lipinski definition) is 8. The number of carbonyl (C=O) groups is 2. The van der Waals surface area contributed by atoms with Crippen LogP contribution in [0.1, 0.15) is 66.2 Å². The van der Waals surface area contributed by atoms with Crippen molar-refractivity contribution in [3.05, 3.63) is 11.6 Å². The van der Waals surface area contributed by atoms with Crippen LogP contribution in [0, 0.1) is 29.6 Å². The minimum absolute atomic E-state index is 0.00855. The molecule has 2 rings (SSSR count). The van der Waals surface area contributed by atoms with Crippen molar-refractivity contribution in [1.82, 2.24) is 0 Å². The molecule has 8 heteroatoms. The third-order valence-corrected chi connectivity index (χ3v) is 7.84. The van der Waals surface area contributed by atoms with Crippen molar-refractivity contribution in [2.75, 3.05) is 14.2 Å². The Labute approximate surface area is 203 Å². The van der Waals surface area contributed by atoms with Crippen LogP contribution in [0.3, 0.4) is 0 Å². The summed E-state index contributed by atoms with van der Waals surface area (Å²) in [6.45, 7) is 7.86. The van der Waals surface area contributed by atoms with Crippen molar-refractivity contribution in [2.24, 2.45) is 29.6 Å². The van der Waals surface area contributed by atoms with Gasteiger partial charge in [0.05, 0.1) is 43.9 Å². The van der Waals surface area contributed by atoms with E-state index in [1.165, 1.54) is 7.11 Å². The van der Waals surface area contributed by atoms with E-state index in [-0.39, 0.29) is 60.6 Å². The highest BCUT2D eigenvalue weighted by Crippen LogP contribution is 2.48. The number of hydrogen-bond donors (Lipinski definition) is 3. The number of esters is 2. The number of methoxy groups -OCH3 is 2. The molecule has 2 aliphatic carbocycles. The highest BCUT2D eigenvalue weighted by molar-refractivity contribution is 5.72. The Kier molecular flexibility index (Phi) is 11.0. The lowest BCUT2D eigenvalue weighted by atomic mass is 9.61. The van der Waals surface area contributed by atoms with Crippen molar-refractivity contribution in [3.8, 4) is 0 Å². The Balaban J connectivity index is 2.21. The van der Waals surface area contributed by atoms with Gasteiger partial charge in [-0.05, 0) is 55.4 Å². The monoisotopic (exact) mass is 484 g/mol. The van der Waals surface area contributed by atoms with Gasteiger partial charge in [0.15, 0.2) is 0 Å². The molecular formula is C26H44O8. The molecule has 3 unspecified atom stereocenters. The van der Waals surface area contributed by atoms with Gasteiger partial charge in [-0.3, -0.25) is 9.59 Å². The minimum Gasteiger partial charge on any atom is -0.469 e. The average Bonchev–Trinajstić information content (AvgIpc) is 2.80. The fourth-order valence-electron chi connectivity index (χ4n) is 5.48. The molecule has 34 heavy (non-hydrogen) atoms. The van der Waals surface area contributed by atoms with E-state index in [0.29, 0.717) is 25.7 Å². The van der Waals surface area contributed by atoms with Gasteiger partial charge < -0.3 is 29.5 Å². The molecule has 0 amide bonds. The molecule has 0 aromatic carbocycles. The second kappa shape index (κ2) is 13.0. The van der Waals surface area contributed by atoms with Crippen LogP contribution in [-0.2, 0) is 23.8 Å². The Hall–Kier alpha value is -1.48. The van der Waals surface area contributed by atoms with E-state index >= 15 is 0 Å². The summed E-state index contributed by atoms with van der Waals surface area (Å²) >= 11 is 0. The van der Waals surface area contributed by atoms with Crippen molar-refractivity contribution in [2.45, 2.75) is 96.7 Å². The standard InChI is InChI=1S/C26H44O8/c1-7-14(2)26(31)34-22-10-15(3)25(30)20-13-21(32-5)16(4)19(24(20)22)9-8-17(27)11-18(28)12-23(29)33-6/h13-19,21-22,24-25,27-28,30H,7-12H2,1-6H3/t14?,15-,16-,17?,18?,19+,21-,22+,24-,25-/m1/s1. The molecule has 0 saturated heterocycles. The van der Waals surface area contributed by atoms with Crippen LogP contribution in [0.25, 0.3) is 0 Å². The topological polar surface area (TPSA) is 123 Å². The predicted octanol–water partition coefficient (Wildman–Crippen LogP) is 2.62. The van der Waals surface area contributed by atoms with Crippen LogP contribution in [0.4, 0.5) is 0 Å². The summed E-state index contributed by atoms with van der Waals surface area (Å²) in [5, 5.41) is 31.6. The third-order valence-electron chi connectivity index (χ3n) is 7.84. The van der Waals surface area contributed by atoms with Crippen molar-refractivity contribution >= 4 is 11.9 Å². The maximum absolute atomic E-state index is 12.7. The molecular weight excluding hydrogens is 440 g/mol. The first-order chi connectivity index (χ1) is 16.0. The van der Waals surface area contributed by atoms with Gasteiger partial charge in [-0.15, -0.1) is 0 Å². The van der Waals surface area contributed by atoms with Gasteiger partial charge in [0.25, 0.3) is 0 Å². The Morgan fingerprint density at radius 3 is 2.44 bits per heavy atom. The largest absolute Gasteiger partial charge is 0.469 e. The van der Waals surface area contributed by atoms with Crippen LogP contribution in [0.5, 0.6) is 0 Å². The number of carbonyl (C=O) groups excluding carboxylic acids is 2. The summed E-state index contributed by atoms with van der Waals surface area (Å²) in [7, 11) is 2.91. The maximum atomic E-state index is 12.7.